The number of aromatic carboxylic acids is 1. The van der Waals surface area contributed by atoms with Crippen LogP contribution in [0.5, 0.6) is 0 Å². The monoisotopic (exact) mass is 302 g/mol. The van der Waals surface area contributed by atoms with Crippen molar-refractivity contribution in [3.8, 4) is 0 Å². The average Bonchev–Trinajstić information content (AvgIpc) is 2.30. The van der Waals surface area contributed by atoms with Gasteiger partial charge in [0.05, 0.1) is 10.6 Å². The maximum absolute atomic E-state index is 11.1. The van der Waals surface area contributed by atoms with Crippen molar-refractivity contribution in [1.82, 2.24) is 5.32 Å². The zero-order valence-corrected chi connectivity index (χ0v) is 11.3. The van der Waals surface area contributed by atoms with Crippen molar-refractivity contribution >= 4 is 41.3 Å². The Bertz CT molecular complexity index is 521. The molecule has 8 heteroatoms. The molecule has 0 unspecified atom stereocenters. The fraction of sp³-hybridized carbons (Fsp3) is 0.182. The zero-order chi connectivity index (χ0) is 14.4. The third-order valence-corrected chi connectivity index (χ3v) is 3.35. The lowest BCUT2D eigenvalue weighted by atomic mass is 10.2. The molecule has 0 bridgehead atoms. The smallest absolute Gasteiger partial charge is 0.337 e. The number of halogens is 1. The summed E-state index contributed by atoms with van der Waals surface area (Å²) in [6, 6.07) is 3.68. The number of thioether (sulfide) groups is 1. The molecule has 102 valence electrons. The van der Waals surface area contributed by atoms with Crippen LogP contribution >= 0.6 is 23.4 Å². The van der Waals surface area contributed by atoms with Gasteiger partial charge >= 0.3 is 12.0 Å². The summed E-state index contributed by atoms with van der Waals surface area (Å²) in [6.45, 7) is 0. The van der Waals surface area contributed by atoms with E-state index in [0.717, 1.165) is 0 Å². The van der Waals surface area contributed by atoms with Crippen LogP contribution in [0, 0.1) is 0 Å². The van der Waals surface area contributed by atoms with E-state index in [1.807, 2.05) is 5.32 Å². The highest BCUT2D eigenvalue weighted by molar-refractivity contribution is 7.99. The van der Waals surface area contributed by atoms with Gasteiger partial charge in [-0.2, -0.15) is 0 Å². The third-order valence-electron chi connectivity index (χ3n) is 2.03. The number of nitrogens with two attached hydrogens (primary N) is 1. The molecule has 19 heavy (non-hydrogen) atoms. The normalized spacial score (nSPS) is 9.95. The van der Waals surface area contributed by atoms with E-state index in [-0.39, 0.29) is 17.0 Å². The van der Waals surface area contributed by atoms with Gasteiger partial charge in [0.15, 0.2) is 0 Å². The average molecular weight is 303 g/mol. The molecule has 6 nitrogen and oxygen atoms in total. The van der Waals surface area contributed by atoms with Gasteiger partial charge in [0, 0.05) is 17.1 Å². The number of hydrogen-bond donors (Lipinski definition) is 3. The minimum atomic E-state index is -1.11. The van der Waals surface area contributed by atoms with Crippen LogP contribution in [0.15, 0.2) is 23.1 Å². The topological polar surface area (TPSA) is 109 Å². The minimum Gasteiger partial charge on any atom is -0.478 e. The van der Waals surface area contributed by atoms with Crippen molar-refractivity contribution in [2.24, 2.45) is 5.73 Å². The van der Waals surface area contributed by atoms with Gasteiger partial charge in [-0.25, -0.2) is 9.59 Å². The molecule has 0 aliphatic rings. The molecule has 0 aliphatic carbocycles. The SMILES string of the molecule is NC(=O)NC(=O)CCSc1ccc(Cl)c(C(=O)O)c1. The maximum Gasteiger partial charge on any atom is 0.337 e. The summed E-state index contributed by atoms with van der Waals surface area (Å²) in [5.74, 6) is -1.20. The van der Waals surface area contributed by atoms with E-state index in [1.165, 1.54) is 23.9 Å². The molecule has 0 spiro atoms. The van der Waals surface area contributed by atoms with E-state index >= 15 is 0 Å². The zero-order valence-electron chi connectivity index (χ0n) is 9.68. The van der Waals surface area contributed by atoms with Gasteiger partial charge < -0.3 is 10.8 Å². The summed E-state index contributed by atoms with van der Waals surface area (Å²) in [7, 11) is 0. The fourth-order valence-corrected chi connectivity index (χ4v) is 2.31. The molecule has 1 aromatic carbocycles. The van der Waals surface area contributed by atoms with Gasteiger partial charge in [0.1, 0.15) is 0 Å². The summed E-state index contributed by atoms with van der Waals surface area (Å²) in [5, 5.41) is 11.0. The molecule has 3 amide bonds. The molecule has 0 aliphatic heterocycles. The number of benzene rings is 1. The Labute approximate surface area is 118 Å². The lowest BCUT2D eigenvalue weighted by Crippen LogP contribution is -2.35. The van der Waals surface area contributed by atoms with Crippen LogP contribution < -0.4 is 11.1 Å². The quantitative estimate of drug-likeness (QED) is 0.717. The van der Waals surface area contributed by atoms with Gasteiger partial charge in [-0.3, -0.25) is 10.1 Å². The Morgan fingerprint density at radius 2 is 2.05 bits per heavy atom. The van der Waals surface area contributed by atoms with Gasteiger partial charge in [-0.05, 0) is 18.2 Å². The molecular formula is C11H11ClN2O4S. The van der Waals surface area contributed by atoms with Crippen LogP contribution in [-0.4, -0.2) is 28.8 Å². The Kier molecular flexibility index (Phi) is 5.65. The highest BCUT2D eigenvalue weighted by Gasteiger charge is 2.10. The van der Waals surface area contributed by atoms with Gasteiger partial charge in [-0.15, -0.1) is 11.8 Å². The van der Waals surface area contributed by atoms with Crippen LogP contribution in [0.1, 0.15) is 16.8 Å². The second kappa shape index (κ2) is 7.01. The first-order valence-electron chi connectivity index (χ1n) is 5.15. The van der Waals surface area contributed by atoms with E-state index in [0.29, 0.717) is 10.6 Å². The number of hydrogen-bond acceptors (Lipinski definition) is 4. The van der Waals surface area contributed by atoms with Crippen LogP contribution in [0.4, 0.5) is 4.79 Å². The maximum atomic E-state index is 11.1. The number of amides is 3. The van der Waals surface area contributed by atoms with Crippen molar-refractivity contribution in [3.63, 3.8) is 0 Å². The van der Waals surface area contributed by atoms with Crippen LogP contribution in [0.2, 0.25) is 5.02 Å². The largest absolute Gasteiger partial charge is 0.478 e. The number of carbonyl (C=O) groups excluding carboxylic acids is 2. The number of rotatable bonds is 5. The van der Waals surface area contributed by atoms with Crippen molar-refractivity contribution in [1.29, 1.82) is 0 Å². The number of urea groups is 1. The molecule has 0 saturated heterocycles. The van der Waals surface area contributed by atoms with Gasteiger partial charge in [0.25, 0.3) is 0 Å². The second-order valence-electron chi connectivity index (χ2n) is 3.46. The molecule has 0 fully saturated rings. The molecule has 0 saturated carbocycles. The van der Waals surface area contributed by atoms with E-state index < -0.39 is 17.9 Å². The van der Waals surface area contributed by atoms with E-state index in [4.69, 9.17) is 22.4 Å². The summed E-state index contributed by atoms with van der Waals surface area (Å²) < 4.78 is 0. The standard InChI is InChI=1S/C11H11ClN2O4S/c12-8-2-1-6(5-7(8)10(16)17)19-4-3-9(15)14-11(13)18/h1-2,5H,3-4H2,(H,16,17)(H3,13,14,15,18). The second-order valence-corrected chi connectivity index (χ2v) is 5.03. The Hall–Kier alpha value is -1.73. The first-order chi connectivity index (χ1) is 8.90. The Morgan fingerprint density at radius 1 is 1.37 bits per heavy atom. The lowest BCUT2D eigenvalue weighted by Gasteiger charge is -2.04. The van der Waals surface area contributed by atoms with Crippen LogP contribution in [0.3, 0.4) is 0 Å². The van der Waals surface area contributed by atoms with Crippen molar-refractivity contribution in [3.05, 3.63) is 28.8 Å². The van der Waals surface area contributed by atoms with Crippen molar-refractivity contribution in [2.45, 2.75) is 11.3 Å². The van der Waals surface area contributed by atoms with Crippen molar-refractivity contribution in [2.75, 3.05) is 5.75 Å². The molecule has 0 radical (unpaired) electrons. The van der Waals surface area contributed by atoms with E-state index in [2.05, 4.69) is 0 Å². The van der Waals surface area contributed by atoms with Gasteiger partial charge in [-0.1, -0.05) is 11.6 Å². The predicted octanol–water partition coefficient (Wildman–Crippen LogP) is 1.72. The minimum absolute atomic E-state index is 0.00764. The Morgan fingerprint density at radius 3 is 2.63 bits per heavy atom. The number of nitrogens with one attached hydrogen (secondary N) is 1. The number of primary amides is 1. The first-order valence-corrected chi connectivity index (χ1v) is 6.51. The highest BCUT2D eigenvalue weighted by Crippen LogP contribution is 2.25. The number of carboxylic acid groups (broad SMARTS) is 1. The molecule has 0 atom stereocenters. The van der Waals surface area contributed by atoms with Crippen molar-refractivity contribution < 1.29 is 19.5 Å². The summed E-state index contributed by atoms with van der Waals surface area (Å²) in [5.41, 5.74) is 4.80. The highest BCUT2D eigenvalue weighted by atomic mass is 35.5. The Balaban J connectivity index is 2.54. The molecular weight excluding hydrogens is 292 g/mol. The van der Waals surface area contributed by atoms with E-state index in [1.54, 1.807) is 6.07 Å². The van der Waals surface area contributed by atoms with Crippen LogP contribution in [0.25, 0.3) is 0 Å². The number of imide groups is 1. The number of carboxylic acids is 1. The number of carbonyl (C=O) groups is 3. The fourth-order valence-electron chi connectivity index (χ4n) is 1.22. The summed E-state index contributed by atoms with van der Waals surface area (Å²) >= 11 is 7.01. The molecule has 1 rings (SSSR count). The summed E-state index contributed by atoms with van der Waals surface area (Å²) in [6.07, 6.45) is 0.0959. The molecule has 0 heterocycles. The molecule has 4 N–H and O–H groups in total. The summed E-state index contributed by atoms with van der Waals surface area (Å²) in [4.78, 5) is 33.1. The lowest BCUT2D eigenvalue weighted by molar-refractivity contribution is -0.119. The first kappa shape index (κ1) is 15.3. The van der Waals surface area contributed by atoms with Crippen LogP contribution in [-0.2, 0) is 4.79 Å². The predicted molar refractivity (Wildman–Crippen MR) is 71.5 cm³/mol. The molecule has 1 aromatic rings. The molecule has 0 aromatic heterocycles. The van der Waals surface area contributed by atoms with E-state index in [9.17, 15) is 14.4 Å². The third kappa shape index (κ3) is 5.19. The van der Waals surface area contributed by atoms with Gasteiger partial charge in [0.2, 0.25) is 5.91 Å².